The Labute approximate surface area is 125 Å². The molecule has 0 saturated carbocycles. The third-order valence-corrected chi connectivity index (χ3v) is 4.13. The average molecular weight is 298 g/mol. The molecule has 0 aromatic heterocycles. The van der Waals surface area contributed by atoms with Gasteiger partial charge < -0.3 is 15.3 Å². The summed E-state index contributed by atoms with van der Waals surface area (Å²) in [5, 5.41) is 11.3. The second-order valence-corrected chi connectivity index (χ2v) is 6.79. The van der Waals surface area contributed by atoms with Crippen LogP contribution >= 0.6 is 0 Å². The lowest BCUT2D eigenvalue weighted by molar-refractivity contribution is -0.141. The first-order valence-corrected chi connectivity index (χ1v) is 7.40. The van der Waals surface area contributed by atoms with Gasteiger partial charge in [0, 0.05) is 6.54 Å². The summed E-state index contributed by atoms with van der Waals surface area (Å²) in [7, 11) is 0. The lowest BCUT2D eigenvalue weighted by Crippen LogP contribution is -2.56. The fourth-order valence-corrected chi connectivity index (χ4v) is 3.02. The molecule has 0 aliphatic carbocycles. The van der Waals surface area contributed by atoms with Crippen molar-refractivity contribution in [1.82, 2.24) is 10.2 Å². The number of carbonyl (C=O) groups excluding carboxylic acids is 2. The highest BCUT2D eigenvalue weighted by atomic mass is 16.4. The van der Waals surface area contributed by atoms with Crippen molar-refractivity contribution in [2.75, 3.05) is 6.54 Å². The van der Waals surface area contributed by atoms with E-state index in [0.29, 0.717) is 6.54 Å². The Morgan fingerprint density at radius 3 is 2.29 bits per heavy atom. The predicted octanol–water partition coefficient (Wildman–Crippen LogP) is 1.88. The maximum atomic E-state index is 12.8. The molecule has 0 radical (unpaired) electrons. The lowest BCUT2D eigenvalue weighted by Gasteiger charge is -2.35. The fraction of sp³-hybridized carbons (Fsp3) is 0.800. The van der Waals surface area contributed by atoms with Crippen molar-refractivity contribution >= 4 is 17.8 Å². The molecule has 0 aromatic carbocycles. The average Bonchev–Trinajstić information content (AvgIpc) is 2.77. The van der Waals surface area contributed by atoms with Gasteiger partial charge in [-0.2, -0.15) is 0 Å². The van der Waals surface area contributed by atoms with Gasteiger partial charge in [0.15, 0.2) is 5.78 Å². The molecule has 3 atom stereocenters. The van der Waals surface area contributed by atoms with Crippen LogP contribution in [0.25, 0.3) is 0 Å². The van der Waals surface area contributed by atoms with Crippen molar-refractivity contribution in [1.29, 1.82) is 0 Å². The van der Waals surface area contributed by atoms with Crippen LogP contribution in [0.3, 0.4) is 0 Å². The lowest BCUT2D eigenvalue weighted by atomic mass is 9.85. The van der Waals surface area contributed by atoms with Crippen molar-refractivity contribution in [3.05, 3.63) is 0 Å². The van der Waals surface area contributed by atoms with Gasteiger partial charge in [-0.1, -0.05) is 34.1 Å². The standard InChI is InChI=1S/C15H26N2O4/c1-6-10-7-8-17(11(10)9(2)18)13(19)12(15(3,4)5)16-14(20)21/h10-12,16H,6-8H2,1-5H3,(H,20,21). The van der Waals surface area contributed by atoms with E-state index in [9.17, 15) is 14.4 Å². The van der Waals surface area contributed by atoms with Crippen LogP contribution in [0.1, 0.15) is 47.5 Å². The van der Waals surface area contributed by atoms with Crippen LogP contribution in [0, 0.1) is 11.3 Å². The summed E-state index contributed by atoms with van der Waals surface area (Å²) in [6, 6.07) is -1.28. The van der Waals surface area contributed by atoms with Crippen molar-refractivity contribution in [2.24, 2.45) is 11.3 Å². The Hall–Kier alpha value is -1.59. The SMILES string of the molecule is CCC1CCN(C(=O)C(NC(=O)O)C(C)(C)C)C1C(C)=O. The van der Waals surface area contributed by atoms with Crippen LogP contribution in [0.5, 0.6) is 0 Å². The molecule has 1 aliphatic rings. The molecule has 6 heteroatoms. The van der Waals surface area contributed by atoms with E-state index in [1.165, 1.54) is 6.92 Å². The number of amides is 2. The van der Waals surface area contributed by atoms with E-state index in [-0.39, 0.29) is 17.6 Å². The maximum Gasteiger partial charge on any atom is 0.405 e. The molecule has 1 heterocycles. The Bertz CT molecular complexity index is 428. The number of Topliss-reactive ketones (excluding diaryl/α,β-unsaturated/α-hetero) is 1. The number of hydrogen-bond acceptors (Lipinski definition) is 3. The van der Waals surface area contributed by atoms with Gasteiger partial charge in [-0.3, -0.25) is 9.59 Å². The van der Waals surface area contributed by atoms with E-state index in [2.05, 4.69) is 5.32 Å². The number of nitrogens with one attached hydrogen (secondary N) is 1. The molecule has 2 N–H and O–H groups in total. The molecule has 0 bridgehead atoms. The summed E-state index contributed by atoms with van der Waals surface area (Å²) < 4.78 is 0. The number of rotatable bonds is 4. The van der Waals surface area contributed by atoms with Crippen LogP contribution in [-0.4, -0.2) is 46.4 Å². The number of hydrogen-bond donors (Lipinski definition) is 2. The Balaban J connectivity index is 3.03. The third-order valence-electron chi connectivity index (χ3n) is 4.13. The van der Waals surface area contributed by atoms with Crippen LogP contribution in [0.15, 0.2) is 0 Å². The first-order valence-electron chi connectivity index (χ1n) is 7.40. The van der Waals surface area contributed by atoms with Crippen LogP contribution < -0.4 is 5.32 Å². The van der Waals surface area contributed by atoms with Crippen LogP contribution in [0.4, 0.5) is 4.79 Å². The molecular formula is C15H26N2O4. The minimum atomic E-state index is -1.23. The topological polar surface area (TPSA) is 86.7 Å². The molecule has 1 aliphatic heterocycles. The molecule has 1 saturated heterocycles. The molecule has 120 valence electrons. The van der Waals surface area contributed by atoms with Crippen LogP contribution in [-0.2, 0) is 9.59 Å². The molecule has 1 fully saturated rings. The van der Waals surface area contributed by atoms with Gasteiger partial charge in [0.2, 0.25) is 5.91 Å². The second kappa shape index (κ2) is 6.45. The molecule has 21 heavy (non-hydrogen) atoms. The van der Waals surface area contributed by atoms with Gasteiger partial charge in [-0.15, -0.1) is 0 Å². The fourth-order valence-electron chi connectivity index (χ4n) is 3.02. The highest BCUT2D eigenvalue weighted by Gasteiger charge is 2.44. The zero-order chi connectivity index (χ0) is 16.4. The zero-order valence-corrected chi connectivity index (χ0v) is 13.5. The van der Waals surface area contributed by atoms with Gasteiger partial charge in [0.25, 0.3) is 0 Å². The summed E-state index contributed by atoms with van der Waals surface area (Å²) in [5.74, 6) is -0.173. The number of carbonyl (C=O) groups is 3. The molecule has 6 nitrogen and oxygen atoms in total. The minimum Gasteiger partial charge on any atom is -0.465 e. The molecule has 1 rings (SSSR count). The first-order chi connectivity index (χ1) is 9.59. The van der Waals surface area contributed by atoms with E-state index in [1.54, 1.807) is 4.90 Å². The Kier molecular flexibility index (Phi) is 5.36. The Morgan fingerprint density at radius 2 is 1.90 bits per heavy atom. The Morgan fingerprint density at radius 1 is 1.33 bits per heavy atom. The van der Waals surface area contributed by atoms with Crippen molar-refractivity contribution in [3.63, 3.8) is 0 Å². The summed E-state index contributed by atoms with van der Waals surface area (Å²) >= 11 is 0. The summed E-state index contributed by atoms with van der Waals surface area (Å²) in [4.78, 5) is 37.2. The molecule has 2 amide bonds. The molecule has 0 aromatic rings. The molecule has 3 unspecified atom stereocenters. The highest BCUT2D eigenvalue weighted by Crippen LogP contribution is 2.31. The summed E-state index contributed by atoms with van der Waals surface area (Å²) in [6.07, 6.45) is 0.394. The third kappa shape index (κ3) is 3.95. The summed E-state index contributed by atoms with van der Waals surface area (Å²) in [6.45, 7) is 9.43. The monoisotopic (exact) mass is 298 g/mol. The van der Waals surface area contributed by atoms with Gasteiger partial charge >= 0.3 is 6.09 Å². The quantitative estimate of drug-likeness (QED) is 0.829. The first kappa shape index (κ1) is 17.5. The van der Waals surface area contributed by atoms with Gasteiger partial charge in [0.1, 0.15) is 6.04 Å². The number of nitrogens with zero attached hydrogens (tertiary/aromatic N) is 1. The van der Waals surface area contributed by atoms with E-state index in [1.807, 2.05) is 27.7 Å². The molecule has 0 spiro atoms. The second-order valence-electron chi connectivity index (χ2n) is 6.79. The molecular weight excluding hydrogens is 272 g/mol. The van der Waals surface area contributed by atoms with Crippen molar-refractivity contribution in [3.8, 4) is 0 Å². The smallest absolute Gasteiger partial charge is 0.405 e. The minimum absolute atomic E-state index is 0.0318. The van der Waals surface area contributed by atoms with E-state index >= 15 is 0 Å². The van der Waals surface area contributed by atoms with Crippen LogP contribution in [0.2, 0.25) is 0 Å². The van der Waals surface area contributed by atoms with E-state index in [4.69, 9.17) is 5.11 Å². The van der Waals surface area contributed by atoms with Gasteiger partial charge in [-0.25, -0.2) is 4.79 Å². The van der Waals surface area contributed by atoms with Crippen molar-refractivity contribution in [2.45, 2.75) is 59.5 Å². The van der Waals surface area contributed by atoms with E-state index < -0.39 is 23.6 Å². The summed E-state index contributed by atoms with van der Waals surface area (Å²) in [5.41, 5.74) is -0.554. The number of likely N-dealkylation sites (tertiary alicyclic amines) is 1. The van der Waals surface area contributed by atoms with Gasteiger partial charge in [-0.05, 0) is 24.7 Å². The normalized spacial score (nSPS) is 23.8. The van der Waals surface area contributed by atoms with E-state index in [0.717, 1.165) is 12.8 Å². The largest absolute Gasteiger partial charge is 0.465 e. The van der Waals surface area contributed by atoms with Gasteiger partial charge in [0.05, 0.1) is 6.04 Å². The zero-order valence-electron chi connectivity index (χ0n) is 13.5. The number of carboxylic acid groups (broad SMARTS) is 1. The maximum absolute atomic E-state index is 12.8. The highest BCUT2D eigenvalue weighted by molar-refractivity contribution is 5.92. The predicted molar refractivity (Wildman–Crippen MR) is 79.0 cm³/mol. The van der Waals surface area contributed by atoms with Crippen molar-refractivity contribution < 1.29 is 19.5 Å². The number of ketones is 1.